The van der Waals surface area contributed by atoms with E-state index in [0.29, 0.717) is 11.4 Å². The molecule has 0 fully saturated rings. The van der Waals surface area contributed by atoms with Crippen molar-refractivity contribution in [1.82, 2.24) is 0 Å². The highest BCUT2D eigenvalue weighted by Gasteiger charge is 2.17. The first kappa shape index (κ1) is 17.2. The van der Waals surface area contributed by atoms with Gasteiger partial charge < -0.3 is 15.4 Å². The number of amides is 2. The molecule has 0 heterocycles. The number of carbonyl (C=O) groups excluding carboxylic acids is 3. The third kappa shape index (κ3) is 3.98. The largest absolute Gasteiger partial charge is 0.465 e. The summed E-state index contributed by atoms with van der Waals surface area (Å²) in [4.78, 5) is 35.5. The third-order valence-corrected chi connectivity index (χ3v) is 3.38. The number of rotatable bonds is 4. The van der Waals surface area contributed by atoms with Crippen molar-refractivity contribution in [3.05, 3.63) is 59.2 Å². The van der Waals surface area contributed by atoms with Gasteiger partial charge in [-0.1, -0.05) is 18.2 Å². The van der Waals surface area contributed by atoms with Crippen LogP contribution >= 0.6 is 0 Å². The second kappa shape index (κ2) is 7.41. The van der Waals surface area contributed by atoms with Crippen LogP contribution in [0.3, 0.4) is 0 Å². The van der Waals surface area contributed by atoms with Crippen LogP contribution in [0, 0.1) is 6.92 Å². The highest BCUT2D eigenvalue weighted by molar-refractivity contribution is 6.11. The molecule has 0 spiro atoms. The molecule has 0 aliphatic rings. The monoisotopic (exact) mass is 326 g/mol. The van der Waals surface area contributed by atoms with Gasteiger partial charge in [-0.3, -0.25) is 9.59 Å². The summed E-state index contributed by atoms with van der Waals surface area (Å²) in [5.41, 5.74) is 2.35. The number of aryl methyl sites for hydroxylation is 1. The van der Waals surface area contributed by atoms with Crippen molar-refractivity contribution in [3.63, 3.8) is 0 Å². The van der Waals surface area contributed by atoms with E-state index < -0.39 is 11.9 Å². The summed E-state index contributed by atoms with van der Waals surface area (Å²) in [6.07, 6.45) is 0. The first-order chi connectivity index (χ1) is 11.4. The molecule has 0 saturated heterocycles. The summed E-state index contributed by atoms with van der Waals surface area (Å²) < 4.78 is 4.70. The minimum Gasteiger partial charge on any atom is -0.465 e. The molecular formula is C18H18N2O4. The molecule has 0 bridgehead atoms. The number of ether oxygens (including phenoxy) is 1. The van der Waals surface area contributed by atoms with E-state index in [0.717, 1.165) is 5.56 Å². The fourth-order valence-electron chi connectivity index (χ4n) is 2.20. The van der Waals surface area contributed by atoms with Gasteiger partial charge in [0.2, 0.25) is 5.91 Å². The summed E-state index contributed by atoms with van der Waals surface area (Å²) in [5.74, 6) is -1.21. The molecule has 0 radical (unpaired) electrons. The molecule has 0 saturated carbocycles. The Hall–Kier alpha value is -3.15. The van der Waals surface area contributed by atoms with Crippen LogP contribution in [0.5, 0.6) is 0 Å². The molecule has 2 aromatic rings. The van der Waals surface area contributed by atoms with Gasteiger partial charge in [0.1, 0.15) is 0 Å². The van der Waals surface area contributed by atoms with Gasteiger partial charge >= 0.3 is 5.97 Å². The summed E-state index contributed by atoms with van der Waals surface area (Å²) >= 11 is 0. The molecule has 6 nitrogen and oxygen atoms in total. The maximum Gasteiger partial charge on any atom is 0.338 e. The Bertz CT molecular complexity index is 799. The predicted octanol–water partition coefficient (Wildman–Crippen LogP) is 2.99. The van der Waals surface area contributed by atoms with Crippen LogP contribution in [0.1, 0.15) is 33.2 Å². The zero-order chi connectivity index (χ0) is 17.7. The zero-order valence-electron chi connectivity index (χ0n) is 13.7. The molecule has 0 unspecified atom stereocenters. The molecule has 124 valence electrons. The van der Waals surface area contributed by atoms with Crippen LogP contribution < -0.4 is 10.6 Å². The molecule has 2 rings (SSSR count). The minimum absolute atomic E-state index is 0.188. The molecular weight excluding hydrogens is 308 g/mol. The van der Waals surface area contributed by atoms with Crippen LogP contribution in [0.4, 0.5) is 11.4 Å². The molecule has 0 aliphatic heterocycles. The zero-order valence-corrected chi connectivity index (χ0v) is 13.7. The number of anilines is 2. The van der Waals surface area contributed by atoms with Crippen LogP contribution in [-0.4, -0.2) is 24.9 Å². The van der Waals surface area contributed by atoms with Gasteiger partial charge in [0.25, 0.3) is 5.91 Å². The van der Waals surface area contributed by atoms with Gasteiger partial charge in [-0.05, 0) is 36.8 Å². The van der Waals surface area contributed by atoms with Crippen molar-refractivity contribution in [3.8, 4) is 0 Å². The Kier molecular flexibility index (Phi) is 5.31. The van der Waals surface area contributed by atoms with Gasteiger partial charge in [-0.15, -0.1) is 0 Å². The molecule has 24 heavy (non-hydrogen) atoms. The Morgan fingerprint density at radius 2 is 1.62 bits per heavy atom. The van der Waals surface area contributed by atoms with Gasteiger partial charge in [-0.25, -0.2) is 4.79 Å². The third-order valence-electron chi connectivity index (χ3n) is 3.38. The van der Waals surface area contributed by atoms with E-state index in [9.17, 15) is 14.4 Å². The highest BCUT2D eigenvalue weighted by atomic mass is 16.5. The van der Waals surface area contributed by atoms with E-state index in [1.165, 1.54) is 20.1 Å². The minimum atomic E-state index is -0.579. The Morgan fingerprint density at radius 3 is 2.25 bits per heavy atom. The number of methoxy groups -OCH3 is 1. The number of benzene rings is 2. The predicted molar refractivity (Wildman–Crippen MR) is 91.2 cm³/mol. The van der Waals surface area contributed by atoms with E-state index in [-0.39, 0.29) is 17.0 Å². The lowest BCUT2D eigenvalue weighted by Gasteiger charge is -2.12. The second-order valence-corrected chi connectivity index (χ2v) is 5.20. The van der Waals surface area contributed by atoms with Crippen molar-refractivity contribution in [2.75, 3.05) is 17.7 Å². The van der Waals surface area contributed by atoms with Gasteiger partial charge in [0, 0.05) is 18.3 Å². The molecule has 2 N–H and O–H groups in total. The molecule has 2 amide bonds. The van der Waals surface area contributed by atoms with E-state index in [1.54, 1.807) is 36.4 Å². The lowest BCUT2D eigenvalue weighted by atomic mass is 10.1. The van der Waals surface area contributed by atoms with Crippen LogP contribution in [0.15, 0.2) is 42.5 Å². The first-order valence-electron chi connectivity index (χ1n) is 7.29. The quantitative estimate of drug-likeness (QED) is 0.846. The van der Waals surface area contributed by atoms with Crippen molar-refractivity contribution in [2.24, 2.45) is 0 Å². The molecule has 2 aromatic carbocycles. The summed E-state index contributed by atoms with van der Waals surface area (Å²) in [6, 6.07) is 11.6. The number of hydrogen-bond acceptors (Lipinski definition) is 4. The Morgan fingerprint density at radius 1 is 0.958 bits per heavy atom. The maximum absolute atomic E-state index is 12.5. The number of hydrogen-bond donors (Lipinski definition) is 2. The Balaban J connectivity index is 2.30. The van der Waals surface area contributed by atoms with Gasteiger partial charge in [0.15, 0.2) is 0 Å². The van der Waals surface area contributed by atoms with Crippen molar-refractivity contribution in [2.45, 2.75) is 13.8 Å². The lowest BCUT2D eigenvalue weighted by molar-refractivity contribution is -0.114. The fraction of sp³-hybridized carbons (Fsp3) is 0.167. The maximum atomic E-state index is 12.5. The van der Waals surface area contributed by atoms with E-state index in [4.69, 9.17) is 4.74 Å². The SMILES string of the molecule is COC(=O)c1ccccc1C(=O)Nc1cc(NC(C)=O)ccc1C. The lowest BCUT2D eigenvalue weighted by Crippen LogP contribution is -2.18. The molecule has 0 aliphatic carbocycles. The number of carbonyl (C=O) groups is 3. The van der Waals surface area contributed by atoms with Crippen LogP contribution in [0.25, 0.3) is 0 Å². The van der Waals surface area contributed by atoms with Crippen LogP contribution in [0.2, 0.25) is 0 Å². The smallest absolute Gasteiger partial charge is 0.338 e. The summed E-state index contributed by atoms with van der Waals surface area (Å²) in [5, 5.41) is 5.42. The van der Waals surface area contributed by atoms with E-state index in [2.05, 4.69) is 10.6 Å². The average Bonchev–Trinajstić information content (AvgIpc) is 2.56. The first-order valence-corrected chi connectivity index (χ1v) is 7.29. The van der Waals surface area contributed by atoms with Gasteiger partial charge in [-0.2, -0.15) is 0 Å². The van der Waals surface area contributed by atoms with Crippen molar-refractivity contribution in [1.29, 1.82) is 0 Å². The van der Waals surface area contributed by atoms with E-state index >= 15 is 0 Å². The molecule has 0 aromatic heterocycles. The summed E-state index contributed by atoms with van der Waals surface area (Å²) in [6.45, 7) is 3.24. The molecule has 6 heteroatoms. The average molecular weight is 326 g/mol. The number of esters is 1. The van der Waals surface area contributed by atoms with Crippen LogP contribution in [-0.2, 0) is 9.53 Å². The van der Waals surface area contributed by atoms with Crippen molar-refractivity contribution < 1.29 is 19.1 Å². The highest BCUT2D eigenvalue weighted by Crippen LogP contribution is 2.22. The normalized spacial score (nSPS) is 9.96. The van der Waals surface area contributed by atoms with Gasteiger partial charge in [0.05, 0.1) is 18.2 Å². The topological polar surface area (TPSA) is 84.5 Å². The van der Waals surface area contributed by atoms with E-state index in [1.807, 2.05) is 6.92 Å². The number of nitrogens with one attached hydrogen (secondary N) is 2. The van der Waals surface area contributed by atoms with Crippen molar-refractivity contribution >= 4 is 29.2 Å². The summed E-state index contributed by atoms with van der Waals surface area (Å²) in [7, 11) is 1.26. The second-order valence-electron chi connectivity index (χ2n) is 5.20. The Labute approximate surface area is 139 Å². The molecule has 0 atom stereocenters. The fourth-order valence-corrected chi connectivity index (χ4v) is 2.20. The standard InChI is InChI=1S/C18H18N2O4/c1-11-8-9-13(19-12(2)21)10-16(11)20-17(22)14-6-4-5-7-15(14)18(23)24-3/h4-10H,1-3H3,(H,19,21)(H,20,22).